The maximum Gasteiger partial charge on any atom is 0.229 e. The Hall–Kier alpha value is -2.04. The minimum Gasteiger partial charge on any atom is -0.494 e. The fraction of sp³-hybridized carbons (Fsp3) is 0.556. The summed E-state index contributed by atoms with van der Waals surface area (Å²) < 4.78 is 5.39. The molecule has 2 fully saturated rings. The van der Waals surface area contributed by atoms with Crippen LogP contribution in [-0.2, 0) is 9.59 Å². The number of hydrogen-bond donors (Lipinski definition) is 1. The van der Waals surface area contributed by atoms with Gasteiger partial charge in [0.15, 0.2) is 0 Å². The number of nitrogens with one attached hydrogen (secondary N) is 1. The molecule has 2 aliphatic rings. The van der Waals surface area contributed by atoms with Crippen LogP contribution in [0.25, 0.3) is 0 Å². The number of rotatable bonds is 5. The molecule has 1 saturated heterocycles. The lowest BCUT2D eigenvalue weighted by molar-refractivity contribution is -0.129. The molecule has 1 aromatic rings. The van der Waals surface area contributed by atoms with Crippen LogP contribution in [0.5, 0.6) is 5.75 Å². The van der Waals surface area contributed by atoms with Gasteiger partial charge < -0.3 is 15.0 Å². The normalized spacial score (nSPS) is 21.7. The molecule has 5 nitrogen and oxygen atoms in total. The SMILES string of the molecule is CCOc1ccc(NC(=O)[C@H]2CC(=O)N(C3CCCC3)C2)cc1. The summed E-state index contributed by atoms with van der Waals surface area (Å²) in [5.41, 5.74) is 0.741. The van der Waals surface area contributed by atoms with Gasteiger partial charge in [-0.2, -0.15) is 0 Å². The lowest BCUT2D eigenvalue weighted by Gasteiger charge is -2.23. The molecule has 0 aromatic heterocycles. The zero-order valence-corrected chi connectivity index (χ0v) is 13.6. The van der Waals surface area contributed by atoms with Gasteiger partial charge in [0.1, 0.15) is 5.75 Å². The smallest absolute Gasteiger partial charge is 0.229 e. The molecule has 1 aliphatic heterocycles. The van der Waals surface area contributed by atoms with Gasteiger partial charge in [-0.1, -0.05) is 12.8 Å². The molecule has 124 valence electrons. The molecule has 1 saturated carbocycles. The first kappa shape index (κ1) is 15.8. The Morgan fingerprint density at radius 2 is 1.96 bits per heavy atom. The lowest BCUT2D eigenvalue weighted by Crippen LogP contribution is -2.35. The van der Waals surface area contributed by atoms with Crippen molar-refractivity contribution in [3.63, 3.8) is 0 Å². The zero-order chi connectivity index (χ0) is 16.2. The van der Waals surface area contributed by atoms with Crippen molar-refractivity contribution in [3.8, 4) is 5.75 Å². The van der Waals surface area contributed by atoms with E-state index in [9.17, 15) is 9.59 Å². The lowest BCUT2D eigenvalue weighted by atomic mass is 10.1. The number of carbonyl (C=O) groups excluding carboxylic acids is 2. The highest BCUT2D eigenvalue weighted by molar-refractivity contribution is 5.97. The second-order valence-electron chi connectivity index (χ2n) is 6.33. The molecule has 3 rings (SSSR count). The second-order valence-corrected chi connectivity index (χ2v) is 6.33. The molecule has 1 aromatic carbocycles. The quantitative estimate of drug-likeness (QED) is 0.909. The predicted octanol–water partition coefficient (Wildman–Crippen LogP) is 2.81. The third-order valence-electron chi connectivity index (χ3n) is 4.73. The van der Waals surface area contributed by atoms with E-state index in [0.29, 0.717) is 25.6 Å². The maximum atomic E-state index is 12.4. The number of nitrogens with zero attached hydrogens (tertiary/aromatic N) is 1. The van der Waals surface area contributed by atoms with Gasteiger partial charge in [-0.3, -0.25) is 9.59 Å². The van der Waals surface area contributed by atoms with Crippen LogP contribution in [0.2, 0.25) is 0 Å². The van der Waals surface area contributed by atoms with Crippen LogP contribution in [0, 0.1) is 5.92 Å². The summed E-state index contributed by atoms with van der Waals surface area (Å²) in [6.07, 6.45) is 4.88. The first-order valence-corrected chi connectivity index (χ1v) is 8.50. The Balaban J connectivity index is 1.57. The number of benzene rings is 1. The summed E-state index contributed by atoms with van der Waals surface area (Å²) in [6, 6.07) is 7.68. The second kappa shape index (κ2) is 7.02. The molecule has 1 N–H and O–H groups in total. The van der Waals surface area contributed by atoms with Gasteiger partial charge in [-0.05, 0) is 44.0 Å². The number of likely N-dealkylation sites (tertiary alicyclic amines) is 1. The van der Waals surface area contributed by atoms with E-state index in [2.05, 4.69) is 5.32 Å². The van der Waals surface area contributed by atoms with Crippen molar-refractivity contribution in [3.05, 3.63) is 24.3 Å². The van der Waals surface area contributed by atoms with Crippen LogP contribution in [0.15, 0.2) is 24.3 Å². The summed E-state index contributed by atoms with van der Waals surface area (Å²) in [5.74, 6) is 0.607. The number of carbonyl (C=O) groups is 2. The average molecular weight is 316 g/mol. The van der Waals surface area contributed by atoms with Crippen LogP contribution in [0.4, 0.5) is 5.69 Å². The van der Waals surface area contributed by atoms with Crippen molar-refractivity contribution < 1.29 is 14.3 Å². The summed E-state index contributed by atoms with van der Waals surface area (Å²) >= 11 is 0. The number of anilines is 1. The highest BCUT2D eigenvalue weighted by atomic mass is 16.5. The first-order chi connectivity index (χ1) is 11.2. The summed E-state index contributed by atoms with van der Waals surface area (Å²) in [6.45, 7) is 3.11. The average Bonchev–Trinajstić information content (AvgIpc) is 3.18. The molecule has 1 aliphatic carbocycles. The van der Waals surface area contributed by atoms with Gasteiger partial charge in [-0.25, -0.2) is 0 Å². The molecule has 0 bridgehead atoms. The van der Waals surface area contributed by atoms with Crippen molar-refractivity contribution >= 4 is 17.5 Å². The van der Waals surface area contributed by atoms with Crippen LogP contribution in [-0.4, -0.2) is 35.9 Å². The largest absolute Gasteiger partial charge is 0.494 e. The molecule has 1 atom stereocenters. The van der Waals surface area contributed by atoms with E-state index in [0.717, 1.165) is 24.3 Å². The van der Waals surface area contributed by atoms with E-state index in [1.165, 1.54) is 12.8 Å². The summed E-state index contributed by atoms with van der Waals surface area (Å²) in [7, 11) is 0. The monoisotopic (exact) mass is 316 g/mol. The molecule has 0 radical (unpaired) electrons. The van der Waals surface area contributed by atoms with Crippen molar-refractivity contribution in [2.45, 2.75) is 45.1 Å². The van der Waals surface area contributed by atoms with Crippen molar-refractivity contribution in [2.24, 2.45) is 5.92 Å². The van der Waals surface area contributed by atoms with Gasteiger partial charge in [-0.15, -0.1) is 0 Å². The molecule has 0 spiro atoms. The van der Waals surface area contributed by atoms with Crippen LogP contribution < -0.4 is 10.1 Å². The van der Waals surface area contributed by atoms with Crippen molar-refractivity contribution in [1.29, 1.82) is 0 Å². The minimum atomic E-state index is -0.241. The van der Waals surface area contributed by atoms with E-state index < -0.39 is 0 Å². The molecular formula is C18H24N2O3. The van der Waals surface area contributed by atoms with Crippen LogP contribution in [0.1, 0.15) is 39.0 Å². The van der Waals surface area contributed by atoms with Crippen molar-refractivity contribution in [2.75, 3.05) is 18.5 Å². The molecule has 1 heterocycles. The molecule has 5 heteroatoms. The van der Waals surface area contributed by atoms with Crippen molar-refractivity contribution in [1.82, 2.24) is 4.90 Å². The highest BCUT2D eigenvalue weighted by Gasteiger charge is 2.38. The number of ether oxygens (including phenoxy) is 1. The molecular weight excluding hydrogens is 292 g/mol. The van der Waals surface area contributed by atoms with E-state index in [1.54, 1.807) is 0 Å². The number of amides is 2. The topological polar surface area (TPSA) is 58.6 Å². The van der Waals surface area contributed by atoms with Crippen LogP contribution >= 0.6 is 0 Å². The van der Waals surface area contributed by atoms with Crippen LogP contribution in [0.3, 0.4) is 0 Å². The summed E-state index contributed by atoms with van der Waals surface area (Å²) in [5, 5.41) is 2.91. The van der Waals surface area contributed by atoms with Gasteiger partial charge in [0.05, 0.1) is 12.5 Å². The Morgan fingerprint density at radius 1 is 1.26 bits per heavy atom. The molecule has 0 unspecified atom stereocenters. The van der Waals surface area contributed by atoms with Gasteiger partial charge in [0.25, 0.3) is 0 Å². The maximum absolute atomic E-state index is 12.4. The fourth-order valence-electron chi connectivity index (χ4n) is 3.52. The van der Waals surface area contributed by atoms with Gasteiger partial charge in [0, 0.05) is 24.7 Å². The standard InChI is InChI=1S/C18H24N2O3/c1-2-23-16-9-7-14(8-10-16)19-18(22)13-11-17(21)20(12-13)15-5-3-4-6-15/h7-10,13,15H,2-6,11-12H2,1H3,(H,19,22)/t13-/m0/s1. The van der Waals surface area contributed by atoms with E-state index in [4.69, 9.17) is 4.74 Å². The van der Waals surface area contributed by atoms with E-state index >= 15 is 0 Å². The Morgan fingerprint density at radius 3 is 2.61 bits per heavy atom. The van der Waals surface area contributed by atoms with Gasteiger partial charge in [0.2, 0.25) is 11.8 Å². The Bertz CT molecular complexity index is 564. The number of hydrogen-bond acceptors (Lipinski definition) is 3. The third kappa shape index (κ3) is 3.66. The fourth-order valence-corrected chi connectivity index (χ4v) is 3.52. The molecule has 23 heavy (non-hydrogen) atoms. The predicted molar refractivity (Wildman–Crippen MR) is 88.3 cm³/mol. The first-order valence-electron chi connectivity index (χ1n) is 8.50. The Labute approximate surface area is 137 Å². The van der Waals surface area contributed by atoms with E-state index in [1.807, 2.05) is 36.1 Å². The molecule has 2 amide bonds. The zero-order valence-electron chi connectivity index (χ0n) is 13.6. The van der Waals surface area contributed by atoms with Gasteiger partial charge >= 0.3 is 0 Å². The highest BCUT2D eigenvalue weighted by Crippen LogP contribution is 2.30. The minimum absolute atomic E-state index is 0.0667. The third-order valence-corrected chi connectivity index (χ3v) is 4.73. The summed E-state index contributed by atoms with van der Waals surface area (Å²) in [4.78, 5) is 26.5. The van der Waals surface area contributed by atoms with E-state index in [-0.39, 0.29) is 17.7 Å². The Kier molecular flexibility index (Phi) is 4.84.